The number of nitrogens with one attached hydrogen (secondary N) is 1. The molecule has 1 heterocycles. The fraction of sp³-hybridized carbons (Fsp3) is 0.125. The third kappa shape index (κ3) is 7.40. The lowest BCUT2D eigenvalue weighted by Crippen LogP contribution is -2.20. The number of rotatable bonds is 11. The van der Waals surface area contributed by atoms with Crippen LogP contribution in [0.3, 0.4) is 0 Å². The normalized spacial score (nSPS) is 11.0. The lowest BCUT2D eigenvalue weighted by molar-refractivity contribution is -0.118. The molecule has 206 valence electrons. The second kappa shape index (κ2) is 13.5. The molecule has 1 aromatic heterocycles. The van der Waals surface area contributed by atoms with E-state index in [-0.39, 0.29) is 11.7 Å². The second-order valence-corrected chi connectivity index (χ2v) is 10.1. The Hall–Kier alpha value is -4.89. The number of aromatic nitrogens is 3. The van der Waals surface area contributed by atoms with E-state index in [9.17, 15) is 4.79 Å². The number of thioether (sulfide) groups is 1. The largest absolute Gasteiger partial charge is 0.497 e. The zero-order valence-electron chi connectivity index (χ0n) is 22.7. The Morgan fingerprint density at radius 2 is 1.61 bits per heavy atom. The van der Waals surface area contributed by atoms with Gasteiger partial charge in [0.1, 0.15) is 18.1 Å². The van der Waals surface area contributed by atoms with E-state index in [0.717, 1.165) is 39.4 Å². The van der Waals surface area contributed by atoms with Crippen LogP contribution in [0.5, 0.6) is 11.5 Å². The van der Waals surface area contributed by atoms with Gasteiger partial charge in [0, 0.05) is 11.3 Å². The maximum atomic E-state index is 12.6. The Kier molecular flexibility index (Phi) is 9.08. The van der Waals surface area contributed by atoms with E-state index < -0.39 is 0 Å². The standard InChI is InChI=1S/C32H29N5O3S/c1-23-8-14-27(15-9-23)37-31(26-12-18-28(39-2)19-13-26)35-36-32(37)41-22-30(38)34-33-20-24-10-16-29(17-11-24)40-21-25-6-4-3-5-7-25/h3-20H,21-22H2,1-2H3,(H,34,38). The molecule has 0 bridgehead atoms. The number of ether oxygens (including phenoxy) is 2. The number of nitrogens with zero attached hydrogens (tertiary/aromatic N) is 4. The van der Waals surface area contributed by atoms with Gasteiger partial charge >= 0.3 is 0 Å². The third-order valence-electron chi connectivity index (χ3n) is 6.14. The van der Waals surface area contributed by atoms with E-state index in [1.54, 1.807) is 13.3 Å². The van der Waals surface area contributed by atoms with Crippen LogP contribution in [0, 0.1) is 6.92 Å². The summed E-state index contributed by atoms with van der Waals surface area (Å²) >= 11 is 1.29. The van der Waals surface area contributed by atoms with Crippen LogP contribution < -0.4 is 14.9 Å². The van der Waals surface area contributed by atoms with Gasteiger partial charge in [0.05, 0.1) is 19.1 Å². The van der Waals surface area contributed by atoms with Crippen molar-refractivity contribution in [2.75, 3.05) is 12.9 Å². The lowest BCUT2D eigenvalue weighted by Gasteiger charge is -2.11. The molecule has 5 aromatic rings. The first-order chi connectivity index (χ1) is 20.1. The molecule has 0 atom stereocenters. The molecule has 8 nitrogen and oxygen atoms in total. The highest BCUT2D eigenvalue weighted by Crippen LogP contribution is 2.29. The summed E-state index contributed by atoms with van der Waals surface area (Å²) in [5, 5.41) is 13.5. The van der Waals surface area contributed by atoms with Crippen molar-refractivity contribution in [2.45, 2.75) is 18.7 Å². The summed E-state index contributed by atoms with van der Waals surface area (Å²) < 4.78 is 13.0. The molecular formula is C32H29N5O3S. The van der Waals surface area contributed by atoms with Crippen LogP contribution in [0.25, 0.3) is 17.1 Å². The Bertz CT molecular complexity index is 1600. The minimum atomic E-state index is -0.251. The van der Waals surface area contributed by atoms with Crippen molar-refractivity contribution in [1.82, 2.24) is 20.2 Å². The third-order valence-corrected chi connectivity index (χ3v) is 7.07. The molecule has 0 aliphatic heterocycles. The molecule has 0 saturated carbocycles. The first-order valence-corrected chi connectivity index (χ1v) is 14.0. The minimum absolute atomic E-state index is 0.121. The monoisotopic (exact) mass is 563 g/mol. The number of benzene rings is 4. The molecule has 0 unspecified atom stereocenters. The molecular weight excluding hydrogens is 534 g/mol. The molecule has 0 saturated heterocycles. The van der Waals surface area contributed by atoms with Crippen LogP contribution in [-0.2, 0) is 11.4 Å². The van der Waals surface area contributed by atoms with E-state index in [1.165, 1.54) is 11.8 Å². The average Bonchev–Trinajstić information content (AvgIpc) is 3.44. The molecule has 0 aliphatic rings. The first-order valence-electron chi connectivity index (χ1n) is 13.0. The van der Waals surface area contributed by atoms with Crippen molar-refractivity contribution in [3.63, 3.8) is 0 Å². The summed E-state index contributed by atoms with van der Waals surface area (Å²) in [4.78, 5) is 12.6. The van der Waals surface area contributed by atoms with Gasteiger partial charge in [0.15, 0.2) is 11.0 Å². The molecule has 0 radical (unpaired) electrons. The topological polar surface area (TPSA) is 90.6 Å². The van der Waals surface area contributed by atoms with Crippen molar-refractivity contribution in [1.29, 1.82) is 0 Å². The fourth-order valence-electron chi connectivity index (χ4n) is 3.95. The summed E-state index contributed by atoms with van der Waals surface area (Å²) in [6.45, 7) is 2.54. The maximum Gasteiger partial charge on any atom is 0.250 e. The minimum Gasteiger partial charge on any atom is -0.497 e. The Morgan fingerprint density at radius 1 is 0.902 bits per heavy atom. The number of amides is 1. The number of carbonyl (C=O) groups is 1. The van der Waals surface area contributed by atoms with Gasteiger partial charge in [-0.05, 0) is 78.7 Å². The van der Waals surface area contributed by atoms with Gasteiger partial charge in [-0.1, -0.05) is 59.8 Å². The number of hydrogen-bond acceptors (Lipinski definition) is 7. The van der Waals surface area contributed by atoms with E-state index in [0.29, 0.717) is 17.6 Å². The molecule has 0 spiro atoms. The van der Waals surface area contributed by atoms with Crippen LogP contribution in [0.15, 0.2) is 113 Å². The molecule has 4 aromatic carbocycles. The predicted octanol–water partition coefficient (Wildman–Crippen LogP) is 6.07. The molecule has 5 rings (SSSR count). The van der Waals surface area contributed by atoms with Crippen molar-refractivity contribution >= 4 is 23.9 Å². The van der Waals surface area contributed by atoms with E-state index >= 15 is 0 Å². The van der Waals surface area contributed by atoms with Crippen LogP contribution in [0.4, 0.5) is 0 Å². The van der Waals surface area contributed by atoms with Gasteiger partial charge in [-0.2, -0.15) is 5.10 Å². The molecule has 0 fully saturated rings. The molecule has 1 amide bonds. The van der Waals surface area contributed by atoms with Crippen molar-refractivity contribution in [2.24, 2.45) is 5.10 Å². The smallest absolute Gasteiger partial charge is 0.250 e. The van der Waals surface area contributed by atoms with Crippen LogP contribution in [0.1, 0.15) is 16.7 Å². The highest BCUT2D eigenvalue weighted by atomic mass is 32.2. The molecule has 1 N–H and O–H groups in total. The Labute approximate surface area is 243 Å². The summed E-state index contributed by atoms with van der Waals surface area (Å²) in [5.74, 6) is 2.07. The summed E-state index contributed by atoms with van der Waals surface area (Å²) in [5.41, 5.74) is 7.47. The predicted molar refractivity (Wildman–Crippen MR) is 162 cm³/mol. The van der Waals surface area contributed by atoms with Crippen molar-refractivity contribution in [3.05, 3.63) is 120 Å². The van der Waals surface area contributed by atoms with Gasteiger partial charge in [-0.25, -0.2) is 5.43 Å². The number of hydrogen-bond donors (Lipinski definition) is 1. The van der Waals surface area contributed by atoms with Gasteiger partial charge in [-0.3, -0.25) is 9.36 Å². The molecule has 9 heteroatoms. The quantitative estimate of drug-likeness (QED) is 0.119. The van der Waals surface area contributed by atoms with E-state index in [4.69, 9.17) is 9.47 Å². The van der Waals surface area contributed by atoms with Gasteiger partial charge in [0.25, 0.3) is 5.91 Å². The van der Waals surface area contributed by atoms with Gasteiger partial charge in [-0.15, -0.1) is 10.2 Å². The SMILES string of the molecule is COc1ccc(-c2nnc(SCC(=O)NN=Cc3ccc(OCc4ccccc4)cc3)n2-c2ccc(C)cc2)cc1. The van der Waals surface area contributed by atoms with Gasteiger partial charge in [0.2, 0.25) is 0 Å². The zero-order valence-corrected chi connectivity index (χ0v) is 23.5. The summed E-state index contributed by atoms with van der Waals surface area (Å²) in [6, 6.07) is 33.2. The second-order valence-electron chi connectivity index (χ2n) is 9.13. The lowest BCUT2D eigenvalue weighted by atomic mass is 10.2. The summed E-state index contributed by atoms with van der Waals surface area (Å²) in [6.07, 6.45) is 1.60. The number of carbonyl (C=O) groups excluding carboxylic acids is 1. The van der Waals surface area contributed by atoms with Crippen molar-refractivity contribution < 1.29 is 14.3 Å². The number of hydrazone groups is 1. The van der Waals surface area contributed by atoms with Gasteiger partial charge < -0.3 is 9.47 Å². The average molecular weight is 564 g/mol. The Morgan fingerprint density at radius 3 is 2.32 bits per heavy atom. The van der Waals surface area contributed by atoms with Crippen LogP contribution in [0.2, 0.25) is 0 Å². The number of aryl methyl sites for hydroxylation is 1. The van der Waals surface area contributed by atoms with E-state index in [2.05, 4.69) is 20.7 Å². The van der Waals surface area contributed by atoms with Crippen LogP contribution in [-0.4, -0.2) is 39.7 Å². The highest BCUT2D eigenvalue weighted by Gasteiger charge is 2.17. The summed E-state index contributed by atoms with van der Waals surface area (Å²) in [7, 11) is 1.63. The maximum absolute atomic E-state index is 12.6. The molecule has 41 heavy (non-hydrogen) atoms. The van der Waals surface area contributed by atoms with Crippen LogP contribution >= 0.6 is 11.8 Å². The molecule has 0 aliphatic carbocycles. The highest BCUT2D eigenvalue weighted by molar-refractivity contribution is 7.99. The Balaban J connectivity index is 1.20. The van der Waals surface area contributed by atoms with E-state index in [1.807, 2.05) is 115 Å². The van der Waals surface area contributed by atoms with Crippen molar-refractivity contribution in [3.8, 4) is 28.6 Å². The first kappa shape index (κ1) is 27.7. The number of methoxy groups -OCH3 is 1. The fourth-order valence-corrected chi connectivity index (χ4v) is 4.69. The zero-order chi connectivity index (χ0) is 28.4.